The summed E-state index contributed by atoms with van der Waals surface area (Å²) in [7, 11) is 4.07. The summed E-state index contributed by atoms with van der Waals surface area (Å²) in [5.74, 6) is -0.160. The molecule has 2 aromatic rings. The molecule has 3 rings (SSSR count). The van der Waals surface area contributed by atoms with Gasteiger partial charge in [-0.3, -0.25) is 9.48 Å². The van der Waals surface area contributed by atoms with E-state index in [4.69, 9.17) is 0 Å². The number of carbonyl (C=O) groups excluding carboxylic acids is 1. The summed E-state index contributed by atoms with van der Waals surface area (Å²) in [6.07, 6.45) is 4.15. The number of benzene rings is 1. The highest BCUT2D eigenvalue weighted by Gasteiger charge is 2.18. The molecule has 134 valence electrons. The van der Waals surface area contributed by atoms with Crippen LogP contribution in [0.15, 0.2) is 30.5 Å². The molecule has 0 radical (unpaired) electrons. The molecule has 0 spiro atoms. The number of amides is 1. The summed E-state index contributed by atoms with van der Waals surface area (Å²) in [6.45, 7) is 4.82. The van der Waals surface area contributed by atoms with Crippen molar-refractivity contribution in [1.29, 1.82) is 0 Å². The first-order valence-electron chi connectivity index (χ1n) is 8.84. The third-order valence-corrected chi connectivity index (χ3v) is 4.53. The molecule has 25 heavy (non-hydrogen) atoms. The third-order valence-electron chi connectivity index (χ3n) is 4.53. The fourth-order valence-electron chi connectivity index (χ4n) is 3.18. The predicted octanol–water partition coefficient (Wildman–Crippen LogP) is 2.43. The van der Waals surface area contributed by atoms with E-state index in [9.17, 15) is 4.79 Å². The van der Waals surface area contributed by atoms with Crippen LogP contribution in [0.1, 0.15) is 40.5 Å². The molecule has 1 saturated heterocycles. The van der Waals surface area contributed by atoms with E-state index >= 15 is 0 Å². The number of aryl methyl sites for hydroxylation is 1. The fourth-order valence-corrected chi connectivity index (χ4v) is 3.18. The standard InChI is InChI=1S/C19H27N5O/c1-14-6-7-15(13-23(2)3)11-18(14)21-19(25)17-8-10-24(22-17)16-5-4-9-20-12-16/h6-8,10-11,16,20H,4-5,9,12-13H2,1-3H3,(H,21,25). The SMILES string of the molecule is Cc1ccc(CN(C)C)cc1NC(=O)c1ccn(C2CCCNC2)n1. The first kappa shape index (κ1) is 17.6. The number of carbonyl (C=O) groups is 1. The van der Waals surface area contributed by atoms with Crippen molar-refractivity contribution in [1.82, 2.24) is 20.0 Å². The molecule has 0 saturated carbocycles. The van der Waals surface area contributed by atoms with Gasteiger partial charge in [0.15, 0.2) is 5.69 Å². The van der Waals surface area contributed by atoms with Crippen molar-refractivity contribution in [3.8, 4) is 0 Å². The minimum absolute atomic E-state index is 0.160. The maximum absolute atomic E-state index is 12.6. The molecule has 2 N–H and O–H groups in total. The van der Waals surface area contributed by atoms with Crippen LogP contribution in [0.5, 0.6) is 0 Å². The average molecular weight is 341 g/mol. The van der Waals surface area contributed by atoms with Crippen LogP contribution in [0.4, 0.5) is 5.69 Å². The Morgan fingerprint density at radius 3 is 2.96 bits per heavy atom. The van der Waals surface area contributed by atoms with Gasteiger partial charge in [-0.1, -0.05) is 12.1 Å². The minimum atomic E-state index is -0.160. The zero-order valence-corrected chi connectivity index (χ0v) is 15.2. The molecular formula is C19H27N5O. The van der Waals surface area contributed by atoms with Crippen LogP contribution in [0.3, 0.4) is 0 Å². The van der Waals surface area contributed by atoms with Crippen molar-refractivity contribution < 1.29 is 4.79 Å². The Hall–Kier alpha value is -2.18. The molecular weight excluding hydrogens is 314 g/mol. The third kappa shape index (κ3) is 4.46. The summed E-state index contributed by atoms with van der Waals surface area (Å²) >= 11 is 0. The van der Waals surface area contributed by atoms with Gasteiger partial charge in [-0.25, -0.2) is 0 Å². The van der Waals surface area contributed by atoms with Crippen molar-refractivity contribution in [2.75, 3.05) is 32.5 Å². The van der Waals surface area contributed by atoms with E-state index in [2.05, 4.69) is 26.7 Å². The van der Waals surface area contributed by atoms with Crippen molar-refractivity contribution in [2.45, 2.75) is 32.4 Å². The number of hydrogen-bond donors (Lipinski definition) is 2. The van der Waals surface area contributed by atoms with Gasteiger partial charge < -0.3 is 15.5 Å². The zero-order valence-electron chi connectivity index (χ0n) is 15.2. The van der Waals surface area contributed by atoms with Crippen LogP contribution in [0, 0.1) is 6.92 Å². The number of rotatable bonds is 5. The Labute approximate surface area is 149 Å². The van der Waals surface area contributed by atoms with Crippen molar-refractivity contribution >= 4 is 11.6 Å². The van der Waals surface area contributed by atoms with E-state index in [-0.39, 0.29) is 5.91 Å². The van der Waals surface area contributed by atoms with Crippen LogP contribution in [-0.2, 0) is 6.54 Å². The molecule has 2 heterocycles. The van der Waals surface area contributed by atoms with Crippen LogP contribution in [0.2, 0.25) is 0 Å². The van der Waals surface area contributed by atoms with Crippen molar-refractivity contribution in [2.24, 2.45) is 0 Å². The largest absolute Gasteiger partial charge is 0.320 e. The highest BCUT2D eigenvalue weighted by Crippen LogP contribution is 2.19. The lowest BCUT2D eigenvalue weighted by atomic mass is 10.1. The van der Waals surface area contributed by atoms with Gasteiger partial charge in [0, 0.05) is 25.0 Å². The van der Waals surface area contributed by atoms with E-state index in [1.807, 2.05) is 44.0 Å². The van der Waals surface area contributed by atoms with Crippen LogP contribution in [0.25, 0.3) is 0 Å². The van der Waals surface area contributed by atoms with Crippen LogP contribution >= 0.6 is 0 Å². The van der Waals surface area contributed by atoms with E-state index < -0.39 is 0 Å². The maximum atomic E-state index is 12.6. The molecule has 1 fully saturated rings. The predicted molar refractivity (Wildman–Crippen MR) is 99.9 cm³/mol. The molecule has 6 heteroatoms. The van der Waals surface area contributed by atoms with Gasteiger partial charge in [0.1, 0.15) is 0 Å². The van der Waals surface area contributed by atoms with E-state index in [0.717, 1.165) is 43.7 Å². The van der Waals surface area contributed by atoms with E-state index in [0.29, 0.717) is 11.7 Å². The highest BCUT2D eigenvalue weighted by molar-refractivity contribution is 6.03. The second kappa shape index (κ2) is 7.80. The lowest BCUT2D eigenvalue weighted by Crippen LogP contribution is -2.32. The van der Waals surface area contributed by atoms with E-state index in [1.54, 1.807) is 6.07 Å². The minimum Gasteiger partial charge on any atom is -0.320 e. The summed E-state index contributed by atoms with van der Waals surface area (Å²) in [6, 6.07) is 8.30. The molecule has 1 amide bonds. The lowest BCUT2D eigenvalue weighted by molar-refractivity contribution is 0.102. The van der Waals surface area contributed by atoms with Gasteiger partial charge in [0.05, 0.1) is 6.04 Å². The normalized spacial score (nSPS) is 17.7. The number of anilines is 1. The molecule has 1 unspecified atom stereocenters. The second-order valence-electron chi connectivity index (χ2n) is 7.02. The molecule has 1 atom stereocenters. The first-order valence-corrected chi connectivity index (χ1v) is 8.84. The molecule has 0 aliphatic carbocycles. The van der Waals surface area contributed by atoms with Gasteiger partial charge in [-0.2, -0.15) is 5.10 Å². The Morgan fingerprint density at radius 1 is 1.40 bits per heavy atom. The monoisotopic (exact) mass is 341 g/mol. The molecule has 1 aliphatic rings. The summed E-state index contributed by atoms with van der Waals surface area (Å²) in [4.78, 5) is 14.7. The topological polar surface area (TPSA) is 62.2 Å². The fraction of sp³-hybridized carbons (Fsp3) is 0.474. The second-order valence-corrected chi connectivity index (χ2v) is 7.02. The lowest BCUT2D eigenvalue weighted by Gasteiger charge is -2.22. The molecule has 1 aliphatic heterocycles. The molecule has 0 bridgehead atoms. The van der Waals surface area contributed by atoms with Gasteiger partial charge in [-0.15, -0.1) is 0 Å². The average Bonchev–Trinajstić information content (AvgIpc) is 3.08. The summed E-state index contributed by atoms with van der Waals surface area (Å²) in [5, 5.41) is 10.9. The number of hydrogen-bond acceptors (Lipinski definition) is 4. The maximum Gasteiger partial charge on any atom is 0.276 e. The van der Waals surface area contributed by atoms with E-state index in [1.165, 1.54) is 5.56 Å². The Kier molecular flexibility index (Phi) is 5.50. The Bertz CT molecular complexity index is 731. The van der Waals surface area contributed by atoms with Crippen molar-refractivity contribution in [3.05, 3.63) is 47.3 Å². The first-order chi connectivity index (χ1) is 12.0. The number of nitrogens with zero attached hydrogens (tertiary/aromatic N) is 3. The van der Waals surface area contributed by atoms with Crippen LogP contribution < -0.4 is 10.6 Å². The number of aromatic nitrogens is 2. The van der Waals surface area contributed by atoms with Gasteiger partial charge in [-0.05, 0) is 63.7 Å². The van der Waals surface area contributed by atoms with Gasteiger partial charge >= 0.3 is 0 Å². The van der Waals surface area contributed by atoms with Crippen molar-refractivity contribution in [3.63, 3.8) is 0 Å². The molecule has 6 nitrogen and oxygen atoms in total. The highest BCUT2D eigenvalue weighted by atomic mass is 16.1. The number of nitrogens with one attached hydrogen (secondary N) is 2. The summed E-state index contributed by atoms with van der Waals surface area (Å²) < 4.78 is 1.91. The summed E-state index contributed by atoms with van der Waals surface area (Å²) in [5.41, 5.74) is 3.53. The smallest absolute Gasteiger partial charge is 0.276 e. The quantitative estimate of drug-likeness (QED) is 0.877. The zero-order chi connectivity index (χ0) is 17.8. The van der Waals surface area contributed by atoms with Gasteiger partial charge in [0.2, 0.25) is 0 Å². The van der Waals surface area contributed by atoms with Gasteiger partial charge in [0.25, 0.3) is 5.91 Å². The molecule has 1 aromatic heterocycles. The Balaban J connectivity index is 1.70. The Morgan fingerprint density at radius 2 is 2.24 bits per heavy atom. The molecule has 1 aromatic carbocycles. The van der Waals surface area contributed by atoms with Crippen LogP contribution in [-0.4, -0.2) is 47.8 Å². The number of piperidine rings is 1.